The SMILES string of the molecule is CCCCCCCCCCCC(=O)OC1C(C)OC(OC2C(C)OC(OC3C(C)OC4OC5C(OC(CCCCC)CCCCCCCCCC(=O)OC4C3O)OC(CO)C(O)C5O)C(OC(=O)C(C)CC)C2OC2OC(C)C(O)C(O)C2O)C(O)C1O. The Morgan fingerprint density at radius 1 is 0.489 bits per heavy atom. The van der Waals surface area contributed by atoms with Crippen molar-refractivity contribution in [3.63, 3.8) is 0 Å². The van der Waals surface area contributed by atoms with Crippen molar-refractivity contribution in [1.82, 2.24) is 0 Å². The smallest absolute Gasteiger partial charge is 0.309 e. The molecule has 6 aliphatic rings. The highest BCUT2D eigenvalue weighted by molar-refractivity contribution is 5.72. The lowest BCUT2D eigenvalue weighted by Gasteiger charge is -2.51. The van der Waals surface area contributed by atoms with Crippen molar-refractivity contribution in [2.45, 2.75) is 369 Å². The first kappa shape index (κ1) is 74.7. The van der Waals surface area contributed by atoms with Gasteiger partial charge in [0.2, 0.25) is 0 Å². The van der Waals surface area contributed by atoms with Crippen LogP contribution in [-0.4, -0.2) is 230 Å². The molecule has 0 aromatic carbocycles. The Morgan fingerprint density at radius 2 is 1.03 bits per heavy atom. The summed E-state index contributed by atoms with van der Waals surface area (Å²) in [6, 6.07) is 0. The van der Waals surface area contributed by atoms with Crippen LogP contribution in [0.3, 0.4) is 0 Å². The normalized spacial score (nSPS) is 41.3. The number of ether oxygens (including phenoxy) is 13. The molecule has 0 saturated carbocycles. The van der Waals surface area contributed by atoms with Crippen molar-refractivity contribution in [2.75, 3.05) is 6.61 Å². The lowest BCUT2D eigenvalue weighted by atomic mass is 9.95. The molecule has 88 heavy (non-hydrogen) atoms. The van der Waals surface area contributed by atoms with Gasteiger partial charge in [-0.1, -0.05) is 137 Å². The molecule has 6 heterocycles. The molecule has 0 spiro atoms. The fraction of sp³-hybridized carbons (Fsp3) is 0.952. The summed E-state index contributed by atoms with van der Waals surface area (Å²) in [5.41, 5.74) is 0. The van der Waals surface area contributed by atoms with Gasteiger partial charge < -0.3 is 108 Å². The number of unbranched alkanes of at least 4 members (excludes halogenated alkanes) is 10. The summed E-state index contributed by atoms with van der Waals surface area (Å²) >= 11 is 0. The van der Waals surface area contributed by atoms with E-state index in [-0.39, 0.29) is 18.9 Å². The number of carbonyl (C=O) groups is 3. The average Bonchev–Trinajstić information content (AvgIpc) is 1.12. The van der Waals surface area contributed by atoms with Crippen molar-refractivity contribution in [3.8, 4) is 0 Å². The second-order valence-corrected chi connectivity index (χ2v) is 25.4. The van der Waals surface area contributed by atoms with Crippen LogP contribution in [-0.2, 0) is 76.0 Å². The lowest BCUT2D eigenvalue weighted by molar-refractivity contribution is -0.400. The molecule has 512 valence electrons. The van der Waals surface area contributed by atoms with Gasteiger partial charge in [-0.3, -0.25) is 14.4 Å². The number of carbonyl (C=O) groups excluding carboxylic acids is 3. The van der Waals surface area contributed by atoms with Crippen LogP contribution in [0.5, 0.6) is 0 Å². The topological polar surface area (TPSA) is 353 Å². The lowest BCUT2D eigenvalue weighted by Crippen LogP contribution is -2.68. The Bertz CT molecular complexity index is 2010. The number of aliphatic hydroxyl groups excluding tert-OH is 9. The molecule has 27 atom stereocenters. The number of esters is 3. The molecule has 25 heteroatoms. The van der Waals surface area contributed by atoms with Crippen LogP contribution in [0, 0.1) is 5.92 Å². The van der Waals surface area contributed by atoms with Crippen molar-refractivity contribution in [2.24, 2.45) is 5.92 Å². The van der Waals surface area contributed by atoms with E-state index in [0.717, 1.165) is 83.5 Å². The zero-order chi connectivity index (χ0) is 64.2. The van der Waals surface area contributed by atoms with E-state index in [9.17, 15) is 60.3 Å². The molecule has 6 saturated heterocycles. The molecular formula is C63H110O25. The third-order valence-electron chi connectivity index (χ3n) is 18.2. The molecule has 25 nitrogen and oxygen atoms in total. The number of aliphatic hydroxyl groups is 9. The van der Waals surface area contributed by atoms with Gasteiger partial charge in [0.25, 0.3) is 0 Å². The maximum atomic E-state index is 14.1. The molecule has 0 bridgehead atoms. The maximum absolute atomic E-state index is 14.1. The van der Waals surface area contributed by atoms with Gasteiger partial charge in [0.1, 0.15) is 79.4 Å². The Morgan fingerprint density at radius 3 is 1.69 bits per heavy atom. The summed E-state index contributed by atoms with van der Waals surface area (Å²) in [4.78, 5) is 41.1. The largest absolute Gasteiger partial charge is 0.457 e. The third-order valence-corrected chi connectivity index (χ3v) is 18.2. The molecule has 0 amide bonds. The molecule has 0 aliphatic carbocycles. The van der Waals surface area contributed by atoms with Crippen LogP contribution < -0.4 is 0 Å². The molecule has 0 aromatic heterocycles. The Kier molecular flexibility index (Phi) is 31.8. The van der Waals surface area contributed by atoms with Crippen LogP contribution in [0.2, 0.25) is 0 Å². The second-order valence-electron chi connectivity index (χ2n) is 25.4. The molecule has 6 aliphatic heterocycles. The molecular weight excluding hydrogens is 1160 g/mol. The molecule has 6 rings (SSSR count). The van der Waals surface area contributed by atoms with Crippen molar-refractivity contribution in [1.29, 1.82) is 0 Å². The summed E-state index contributed by atoms with van der Waals surface area (Å²) in [5, 5.41) is 102. The summed E-state index contributed by atoms with van der Waals surface area (Å²) < 4.78 is 81.9. The van der Waals surface area contributed by atoms with Gasteiger partial charge in [-0.2, -0.15) is 0 Å². The zero-order valence-electron chi connectivity index (χ0n) is 53.3. The Labute approximate surface area is 519 Å². The summed E-state index contributed by atoms with van der Waals surface area (Å²) in [6.07, 6.45) is -20.3. The zero-order valence-corrected chi connectivity index (χ0v) is 53.3. The number of hydrogen-bond donors (Lipinski definition) is 9. The van der Waals surface area contributed by atoms with E-state index < -0.39 is 184 Å². The minimum atomic E-state index is -1.92. The van der Waals surface area contributed by atoms with E-state index in [0.29, 0.717) is 32.1 Å². The first-order valence-electron chi connectivity index (χ1n) is 33.3. The number of hydrogen-bond acceptors (Lipinski definition) is 25. The van der Waals surface area contributed by atoms with Gasteiger partial charge >= 0.3 is 17.9 Å². The van der Waals surface area contributed by atoms with Crippen LogP contribution in [0.15, 0.2) is 0 Å². The molecule has 0 radical (unpaired) electrons. The van der Waals surface area contributed by atoms with Crippen molar-refractivity contribution in [3.05, 3.63) is 0 Å². The van der Waals surface area contributed by atoms with Gasteiger partial charge in [0.05, 0.1) is 43.0 Å². The number of fused-ring (bicyclic) bond motifs is 2. The highest BCUT2D eigenvalue weighted by Crippen LogP contribution is 2.40. The highest BCUT2D eigenvalue weighted by atomic mass is 16.8. The third kappa shape index (κ3) is 20.8. The van der Waals surface area contributed by atoms with E-state index in [1.54, 1.807) is 13.8 Å². The van der Waals surface area contributed by atoms with Gasteiger partial charge in [0.15, 0.2) is 49.8 Å². The number of rotatable bonds is 25. The first-order valence-corrected chi connectivity index (χ1v) is 33.3. The fourth-order valence-corrected chi connectivity index (χ4v) is 12.3. The molecule has 6 fully saturated rings. The predicted molar refractivity (Wildman–Crippen MR) is 312 cm³/mol. The average molecular weight is 1270 g/mol. The molecule has 9 N–H and O–H groups in total. The molecule has 27 unspecified atom stereocenters. The Balaban J connectivity index is 1.29. The van der Waals surface area contributed by atoms with Gasteiger partial charge in [-0.25, -0.2) is 0 Å². The second kappa shape index (κ2) is 37.5. The fourth-order valence-electron chi connectivity index (χ4n) is 12.3. The van der Waals surface area contributed by atoms with Crippen LogP contribution in [0.25, 0.3) is 0 Å². The minimum absolute atomic E-state index is 0.0502. The predicted octanol–water partition coefficient (Wildman–Crippen LogP) is 4.30. The Hall–Kier alpha value is -2.35. The van der Waals surface area contributed by atoms with E-state index in [1.165, 1.54) is 53.4 Å². The van der Waals surface area contributed by atoms with Gasteiger partial charge in [-0.05, 0) is 59.8 Å². The quantitative estimate of drug-likeness (QED) is 0.0349. The summed E-state index contributed by atoms with van der Waals surface area (Å²) in [5.74, 6) is -2.87. The van der Waals surface area contributed by atoms with Crippen molar-refractivity contribution >= 4 is 17.9 Å². The van der Waals surface area contributed by atoms with Crippen LogP contribution in [0.1, 0.15) is 209 Å². The van der Waals surface area contributed by atoms with E-state index >= 15 is 0 Å². The van der Waals surface area contributed by atoms with Gasteiger partial charge in [-0.15, -0.1) is 0 Å². The monoisotopic (exact) mass is 1270 g/mol. The van der Waals surface area contributed by atoms with E-state index in [4.69, 9.17) is 61.6 Å². The maximum Gasteiger partial charge on any atom is 0.309 e. The van der Waals surface area contributed by atoms with Crippen LogP contribution in [0.4, 0.5) is 0 Å². The van der Waals surface area contributed by atoms with E-state index in [2.05, 4.69) is 13.8 Å². The van der Waals surface area contributed by atoms with Gasteiger partial charge in [0, 0.05) is 12.8 Å². The van der Waals surface area contributed by atoms with Crippen LogP contribution >= 0.6 is 0 Å². The first-order chi connectivity index (χ1) is 42.1. The van der Waals surface area contributed by atoms with E-state index in [1.807, 2.05) is 0 Å². The standard InChI is InChI=1S/C63H110O25/c1-9-12-14-15-16-17-20-23-27-31-41(65)82-51-36(6)77-60(49(73)47(51)71)86-53-38(8)79-63(57(84-58(75)34(4)11-3)56(53)88-59-48(72)45(69)43(67)35(5)76-59)85-52-37(7)78-61-55(50(52)74)83-42(66)32-28-24-21-18-19-22-26-30-39(29-25-13-10-2)80-62-54(87-61)46(70)44(68)40(33-64)81-62/h34-40,43-57,59-64,67-74H,9-33H2,1-8H3. The molecule has 0 aromatic rings. The minimum Gasteiger partial charge on any atom is -0.457 e. The highest BCUT2D eigenvalue weighted by Gasteiger charge is 2.59. The van der Waals surface area contributed by atoms with Crippen molar-refractivity contribution < 1.29 is 122 Å². The summed E-state index contributed by atoms with van der Waals surface area (Å²) in [7, 11) is 0. The summed E-state index contributed by atoms with van der Waals surface area (Å²) in [6.45, 7) is 12.9.